The van der Waals surface area contributed by atoms with Gasteiger partial charge in [0, 0.05) is 12.0 Å². The number of benzene rings is 1. The molecule has 1 aromatic rings. The fraction of sp³-hybridized carbons (Fsp3) is 0.700. The number of rotatable bonds is 10. The standard InChI is InChI=1S/C20H35N/c1-6-16(5)20(18-13-11-10-12-14-18)19(21-9-4)15-17(7-2)8-3/h10-14,16-17,19-21H,6-9,15H2,1-5H3. The lowest BCUT2D eigenvalue weighted by Crippen LogP contribution is -2.39. The first-order chi connectivity index (χ1) is 10.2. The average Bonchev–Trinajstić information content (AvgIpc) is 2.53. The van der Waals surface area contributed by atoms with E-state index in [1.807, 2.05) is 0 Å². The van der Waals surface area contributed by atoms with Crippen molar-refractivity contribution in [1.82, 2.24) is 5.32 Å². The van der Waals surface area contributed by atoms with Crippen molar-refractivity contribution in [2.75, 3.05) is 6.54 Å². The van der Waals surface area contributed by atoms with Gasteiger partial charge in [0.05, 0.1) is 0 Å². The Balaban J connectivity index is 3.00. The second-order valence-corrected chi connectivity index (χ2v) is 6.40. The van der Waals surface area contributed by atoms with Gasteiger partial charge < -0.3 is 5.32 Å². The van der Waals surface area contributed by atoms with Crippen molar-refractivity contribution in [1.29, 1.82) is 0 Å². The zero-order chi connectivity index (χ0) is 15.7. The van der Waals surface area contributed by atoms with Crippen LogP contribution in [0.15, 0.2) is 30.3 Å². The van der Waals surface area contributed by atoms with Crippen LogP contribution in [0.5, 0.6) is 0 Å². The van der Waals surface area contributed by atoms with Crippen molar-refractivity contribution in [3.63, 3.8) is 0 Å². The predicted octanol–water partition coefficient (Wildman–Crippen LogP) is 5.62. The van der Waals surface area contributed by atoms with Crippen LogP contribution in [-0.4, -0.2) is 12.6 Å². The molecule has 0 fully saturated rings. The maximum Gasteiger partial charge on any atom is 0.0141 e. The average molecular weight is 290 g/mol. The highest BCUT2D eigenvalue weighted by atomic mass is 14.9. The second kappa shape index (κ2) is 10.00. The highest BCUT2D eigenvalue weighted by Crippen LogP contribution is 2.34. The summed E-state index contributed by atoms with van der Waals surface area (Å²) in [6.45, 7) is 12.7. The molecule has 1 nitrogen and oxygen atoms in total. The maximum atomic E-state index is 3.80. The van der Waals surface area contributed by atoms with Crippen molar-refractivity contribution >= 4 is 0 Å². The summed E-state index contributed by atoms with van der Waals surface area (Å²) in [5.41, 5.74) is 1.50. The van der Waals surface area contributed by atoms with E-state index in [0.717, 1.165) is 12.5 Å². The molecule has 3 unspecified atom stereocenters. The second-order valence-electron chi connectivity index (χ2n) is 6.40. The highest BCUT2D eigenvalue weighted by Gasteiger charge is 2.28. The molecule has 0 saturated carbocycles. The number of hydrogen-bond donors (Lipinski definition) is 1. The molecule has 120 valence electrons. The summed E-state index contributed by atoms with van der Waals surface area (Å²) < 4.78 is 0. The zero-order valence-corrected chi connectivity index (χ0v) is 14.7. The molecule has 21 heavy (non-hydrogen) atoms. The highest BCUT2D eigenvalue weighted by molar-refractivity contribution is 5.22. The van der Waals surface area contributed by atoms with Crippen LogP contribution in [0, 0.1) is 11.8 Å². The van der Waals surface area contributed by atoms with Crippen LogP contribution < -0.4 is 5.32 Å². The van der Waals surface area contributed by atoms with Crippen LogP contribution in [-0.2, 0) is 0 Å². The minimum atomic E-state index is 0.595. The number of likely N-dealkylation sites (N-methyl/N-ethyl adjacent to an activating group) is 1. The molecular weight excluding hydrogens is 254 g/mol. The lowest BCUT2D eigenvalue weighted by atomic mass is 9.76. The molecule has 0 radical (unpaired) electrons. The molecule has 0 bridgehead atoms. The molecule has 0 amide bonds. The van der Waals surface area contributed by atoms with Crippen LogP contribution in [0.1, 0.15) is 71.8 Å². The largest absolute Gasteiger partial charge is 0.314 e. The van der Waals surface area contributed by atoms with E-state index in [2.05, 4.69) is 70.3 Å². The summed E-state index contributed by atoms with van der Waals surface area (Å²) in [7, 11) is 0. The van der Waals surface area contributed by atoms with Gasteiger partial charge in [0.2, 0.25) is 0 Å². The summed E-state index contributed by atoms with van der Waals surface area (Å²) in [5.74, 6) is 2.17. The Kier molecular flexibility index (Phi) is 8.68. The Morgan fingerprint density at radius 3 is 2.00 bits per heavy atom. The van der Waals surface area contributed by atoms with Gasteiger partial charge in [-0.2, -0.15) is 0 Å². The smallest absolute Gasteiger partial charge is 0.0141 e. The van der Waals surface area contributed by atoms with Crippen molar-refractivity contribution in [3.8, 4) is 0 Å². The first kappa shape index (κ1) is 18.2. The van der Waals surface area contributed by atoms with Crippen LogP contribution >= 0.6 is 0 Å². The third-order valence-electron chi connectivity index (χ3n) is 5.08. The zero-order valence-electron chi connectivity index (χ0n) is 14.7. The summed E-state index contributed by atoms with van der Waals surface area (Å²) in [6, 6.07) is 11.7. The van der Waals surface area contributed by atoms with Crippen molar-refractivity contribution in [3.05, 3.63) is 35.9 Å². The molecule has 0 saturated heterocycles. The fourth-order valence-electron chi connectivity index (χ4n) is 3.49. The Bertz CT molecular complexity index is 355. The molecule has 0 aliphatic carbocycles. The Labute approximate surface area is 132 Å². The summed E-state index contributed by atoms with van der Waals surface area (Å²) in [5, 5.41) is 3.80. The molecule has 1 aromatic carbocycles. The monoisotopic (exact) mass is 289 g/mol. The SMILES string of the molecule is CCNC(CC(CC)CC)C(c1ccccc1)C(C)CC. The molecule has 1 rings (SSSR count). The van der Waals surface area contributed by atoms with Gasteiger partial charge in [0.25, 0.3) is 0 Å². The van der Waals surface area contributed by atoms with Crippen LogP contribution in [0.2, 0.25) is 0 Å². The Morgan fingerprint density at radius 1 is 0.905 bits per heavy atom. The lowest BCUT2D eigenvalue weighted by molar-refractivity contribution is 0.280. The van der Waals surface area contributed by atoms with Crippen LogP contribution in [0.4, 0.5) is 0 Å². The molecule has 0 aliphatic rings. The van der Waals surface area contributed by atoms with E-state index >= 15 is 0 Å². The van der Waals surface area contributed by atoms with E-state index in [4.69, 9.17) is 0 Å². The normalized spacial score (nSPS) is 15.9. The third kappa shape index (κ3) is 5.47. The Hall–Kier alpha value is -0.820. The van der Waals surface area contributed by atoms with E-state index in [-0.39, 0.29) is 0 Å². The summed E-state index contributed by atoms with van der Waals surface area (Å²) in [6.07, 6.45) is 5.12. The maximum absolute atomic E-state index is 3.80. The minimum Gasteiger partial charge on any atom is -0.314 e. The fourth-order valence-corrected chi connectivity index (χ4v) is 3.49. The van der Waals surface area contributed by atoms with E-state index in [1.165, 1.54) is 31.2 Å². The first-order valence-electron chi connectivity index (χ1n) is 8.96. The van der Waals surface area contributed by atoms with Gasteiger partial charge in [-0.1, -0.05) is 84.2 Å². The van der Waals surface area contributed by atoms with Crippen LogP contribution in [0.25, 0.3) is 0 Å². The van der Waals surface area contributed by atoms with Crippen molar-refractivity contribution in [2.45, 2.75) is 72.3 Å². The number of nitrogens with one attached hydrogen (secondary N) is 1. The quantitative estimate of drug-likeness (QED) is 0.589. The molecule has 3 atom stereocenters. The van der Waals surface area contributed by atoms with Gasteiger partial charge in [-0.3, -0.25) is 0 Å². The lowest BCUT2D eigenvalue weighted by Gasteiger charge is -2.34. The van der Waals surface area contributed by atoms with Gasteiger partial charge in [0.15, 0.2) is 0 Å². The van der Waals surface area contributed by atoms with Gasteiger partial charge >= 0.3 is 0 Å². The summed E-state index contributed by atoms with van der Waals surface area (Å²) in [4.78, 5) is 0. The molecule has 1 heteroatoms. The van der Waals surface area contributed by atoms with Crippen molar-refractivity contribution in [2.24, 2.45) is 11.8 Å². The van der Waals surface area contributed by atoms with Gasteiger partial charge in [-0.15, -0.1) is 0 Å². The topological polar surface area (TPSA) is 12.0 Å². The van der Waals surface area contributed by atoms with E-state index in [0.29, 0.717) is 17.9 Å². The molecule has 1 N–H and O–H groups in total. The molecule has 0 spiro atoms. The van der Waals surface area contributed by atoms with E-state index in [9.17, 15) is 0 Å². The van der Waals surface area contributed by atoms with Gasteiger partial charge in [-0.25, -0.2) is 0 Å². The van der Waals surface area contributed by atoms with Gasteiger partial charge in [-0.05, 0) is 30.4 Å². The third-order valence-corrected chi connectivity index (χ3v) is 5.08. The minimum absolute atomic E-state index is 0.595. The molecule has 0 heterocycles. The van der Waals surface area contributed by atoms with E-state index < -0.39 is 0 Å². The molecule has 0 aromatic heterocycles. The number of hydrogen-bond acceptors (Lipinski definition) is 1. The predicted molar refractivity (Wildman–Crippen MR) is 94.8 cm³/mol. The molecular formula is C20H35N. The van der Waals surface area contributed by atoms with Crippen molar-refractivity contribution < 1.29 is 0 Å². The summed E-state index contributed by atoms with van der Waals surface area (Å²) >= 11 is 0. The van der Waals surface area contributed by atoms with Gasteiger partial charge in [0.1, 0.15) is 0 Å². The van der Waals surface area contributed by atoms with Crippen LogP contribution in [0.3, 0.4) is 0 Å². The molecule has 0 aliphatic heterocycles. The first-order valence-corrected chi connectivity index (χ1v) is 8.96. The Morgan fingerprint density at radius 2 is 1.52 bits per heavy atom. The van der Waals surface area contributed by atoms with E-state index in [1.54, 1.807) is 0 Å².